The number of ether oxygens (including phenoxy) is 1. The van der Waals surface area contributed by atoms with Crippen LogP contribution in [-0.4, -0.2) is 43.7 Å². The minimum Gasteiger partial charge on any atom is -0.494 e. The second kappa shape index (κ2) is 7.65. The van der Waals surface area contributed by atoms with Crippen LogP contribution in [-0.2, 0) is 0 Å². The summed E-state index contributed by atoms with van der Waals surface area (Å²) in [5.74, 6) is 1.69. The van der Waals surface area contributed by atoms with Gasteiger partial charge < -0.3 is 15.0 Å². The largest absolute Gasteiger partial charge is 0.494 e. The predicted molar refractivity (Wildman–Crippen MR) is 84.2 cm³/mol. The van der Waals surface area contributed by atoms with Crippen molar-refractivity contribution in [1.82, 2.24) is 10.2 Å². The molecule has 0 amide bonds. The Labute approximate surface area is 123 Å². The summed E-state index contributed by atoms with van der Waals surface area (Å²) in [5.41, 5.74) is 0. The maximum absolute atomic E-state index is 5.76. The summed E-state index contributed by atoms with van der Waals surface area (Å²) in [7, 11) is 2.08. The minimum atomic E-state index is 0.651. The molecule has 3 heteroatoms. The molecule has 1 heterocycles. The van der Waals surface area contributed by atoms with E-state index in [1.165, 1.54) is 13.0 Å². The molecule has 1 aliphatic rings. The first-order chi connectivity index (χ1) is 9.72. The average Bonchev–Trinajstić information content (AvgIpc) is 2.49. The van der Waals surface area contributed by atoms with Gasteiger partial charge in [0.05, 0.1) is 6.61 Å². The van der Waals surface area contributed by atoms with E-state index in [-0.39, 0.29) is 0 Å². The van der Waals surface area contributed by atoms with E-state index < -0.39 is 0 Å². The van der Waals surface area contributed by atoms with Crippen LogP contribution in [0, 0.1) is 5.92 Å². The Morgan fingerprint density at radius 1 is 1.25 bits per heavy atom. The Bertz CT molecular complexity index is 382. The van der Waals surface area contributed by atoms with Gasteiger partial charge in [-0.1, -0.05) is 25.1 Å². The SMILES string of the molecule is CNC1CCN(CCCOc2ccccc2)C(C)C1C. The maximum Gasteiger partial charge on any atom is 0.119 e. The molecular weight excluding hydrogens is 248 g/mol. The Morgan fingerprint density at radius 3 is 2.70 bits per heavy atom. The van der Waals surface area contributed by atoms with Crippen molar-refractivity contribution in [2.45, 2.75) is 38.8 Å². The molecule has 2 rings (SSSR count). The van der Waals surface area contributed by atoms with E-state index in [0.29, 0.717) is 18.0 Å². The highest BCUT2D eigenvalue weighted by Crippen LogP contribution is 2.23. The van der Waals surface area contributed by atoms with Gasteiger partial charge in [-0.05, 0) is 51.4 Å². The van der Waals surface area contributed by atoms with Gasteiger partial charge in [0, 0.05) is 18.6 Å². The smallest absolute Gasteiger partial charge is 0.119 e. The zero-order valence-corrected chi connectivity index (χ0v) is 13.0. The minimum absolute atomic E-state index is 0.651. The highest BCUT2D eigenvalue weighted by Gasteiger charge is 2.30. The summed E-state index contributed by atoms with van der Waals surface area (Å²) in [6, 6.07) is 11.4. The second-order valence-corrected chi connectivity index (χ2v) is 5.83. The number of benzene rings is 1. The lowest BCUT2D eigenvalue weighted by atomic mass is 9.87. The fourth-order valence-electron chi connectivity index (χ4n) is 3.14. The van der Waals surface area contributed by atoms with Gasteiger partial charge >= 0.3 is 0 Å². The zero-order chi connectivity index (χ0) is 14.4. The molecule has 0 bridgehead atoms. The van der Waals surface area contributed by atoms with Crippen LogP contribution < -0.4 is 10.1 Å². The Kier molecular flexibility index (Phi) is 5.86. The number of hydrogen-bond donors (Lipinski definition) is 1. The molecule has 1 fully saturated rings. The first-order valence-electron chi connectivity index (χ1n) is 7.81. The normalized spacial score (nSPS) is 27.4. The van der Waals surface area contributed by atoms with E-state index in [1.54, 1.807) is 0 Å². The summed E-state index contributed by atoms with van der Waals surface area (Å²) < 4.78 is 5.76. The van der Waals surface area contributed by atoms with Crippen LogP contribution in [0.25, 0.3) is 0 Å². The van der Waals surface area contributed by atoms with Gasteiger partial charge in [0.2, 0.25) is 0 Å². The molecule has 0 radical (unpaired) electrons. The molecule has 0 aromatic heterocycles. The van der Waals surface area contributed by atoms with E-state index in [0.717, 1.165) is 25.3 Å². The second-order valence-electron chi connectivity index (χ2n) is 5.83. The van der Waals surface area contributed by atoms with Crippen molar-refractivity contribution in [3.05, 3.63) is 30.3 Å². The zero-order valence-electron chi connectivity index (χ0n) is 13.0. The number of nitrogens with one attached hydrogen (secondary N) is 1. The first-order valence-corrected chi connectivity index (χ1v) is 7.81. The van der Waals surface area contributed by atoms with Crippen LogP contribution in [0.3, 0.4) is 0 Å². The van der Waals surface area contributed by atoms with Crippen LogP contribution in [0.4, 0.5) is 0 Å². The lowest BCUT2D eigenvalue weighted by molar-refractivity contribution is 0.0824. The van der Waals surface area contributed by atoms with E-state index in [4.69, 9.17) is 4.74 Å². The quantitative estimate of drug-likeness (QED) is 0.809. The maximum atomic E-state index is 5.76. The summed E-state index contributed by atoms with van der Waals surface area (Å²) in [4.78, 5) is 2.60. The molecule has 1 aromatic carbocycles. The molecule has 112 valence electrons. The molecule has 0 saturated carbocycles. The highest BCUT2D eigenvalue weighted by molar-refractivity contribution is 5.20. The molecule has 3 nitrogen and oxygen atoms in total. The van der Waals surface area contributed by atoms with E-state index in [1.807, 2.05) is 30.3 Å². The fraction of sp³-hybridized carbons (Fsp3) is 0.647. The number of hydrogen-bond acceptors (Lipinski definition) is 3. The van der Waals surface area contributed by atoms with E-state index in [2.05, 4.69) is 31.1 Å². The molecule has 1 aliphatic heterocycles. The summed E-state index contributed by atoms with van der Waals surface area (Å²) >= 11 is 0. The summed E-state index contributed by atoms with van der Waals surface area (Å²) in [5, 5.41) is 3.44. The Morgan fingerprint density at radius 2 is 2.00 bits per heavy atom. The van der Waals surface area contributed by atoms with Crippen molar-refractivity contribution >= 4 is 0 Å². The van der Waals surface area contributed by atoms with Crippen molar-refractivity contribution in [3.8, 4) is 5.75 Å². The van der Waals surface area contributed by atoms with Gasteiger partial charge in [-0.15, -0.1) is 0 Å². The molecular formula is C17H28N2O. The third-order valence-corrected chi connectivity index (χ3v) is 4.67. The van der Waals surface area contributed by atoms with Crippen molar-refractivity contribution in [2.75, 3.05) is 26.7 Å². The monoisotopic (exact) mass is 276 g/mol. The predicted octanol–water partition coefficient (Wildman–Crippen LogP) is 2.77. The Hall–Kier alpha value is -1.06. The molecule has 3 atom stereocenters. The number of nitrogens with zero attached hydrogens (tertiary/aromatic N) is 1. The summed E-state index contributed by atoms with van der Waals surface area (Å²) in [6.07, 6.45) is 2.34. The van der Waals surface area contributed by atoms with Crippen molar-refractivity contribution in [2.24, 2.45) is 5.92 Å². The van der Waals surface area contributed by atoms with E-state index >= 15 is 0 Å². The van der Waals surface area contributed by atoms with Crippen LogP contribution in [0.15, 0.2) is 30.3 Å². The standard InChI is InChI=1S/C17H28N2O/c1-14-15(2)19(12-10-17(14)18-3)11-7-13-20-16-8-5-4-6-9-16/h4-6,8-9,14-15,17-18H,7,10-13H2,1-3H3. The molecule has 1 saturated heterocycles. The first kappa shape index (κ1) is 15.3. The van der Waals surface area contributed by atoms with Gasteiger partial charge in [-0.2, -0.15) is 0 Å². The van der Waals surface area contributed by atoms with Gasteiger partial charge in [-0.3, -0.25) is 0 Å². The molecule has 0 spiro atoms. The van der Waals surface area contributed by atoms with Gasteiger partial charge in [0.15, 0.2) is 0 Å². The van der Waals surface area contributed by atoms with Gasteiger partial charge in [0.1, 0.15) is 5.75 Å². The molecule has 20 heavy (non-hydrogen) atoms. The lowest BCUT2D eigenvalue weighted by Crippen LogP contribution is -2.52. The van der Waals surface area contributed by atoms with Gasteiger partial charge in [0.25, 0.3) is 0 Å². The van der Waals surface area contributed by atoms with E-state index in [9.17, 15) is 0 Å². The summed E-state index contributed by atoms with van der Waals surface area (Å²) in [6.45, 7) is 7.85. The highest BCUT2D eigenvalue weighted by atomic mass is 16.5. The van der Waals surface area contributed by atoms with Gasteiger partial charge in [-0.25, -0.2) is 0 Å². The average molecular weight is 276 g/mol. The van der Waals surface area contributed by atoms with Crippen LogP contribution >= 0.6 is 0 Å². The number of para-hydroxylation sites is 1. The molecule has 0 aliphatic carbocycles. The molecule has 1 aromatic rings. The number of likely N-dealkylation sites (tertiary alicyclic amines) is 1. The van der Waals surface area contributed by atoms with Crippen LogP contribution in [0.2, 0.25) is 0 Å². The number of piperidine rings is 1. The number of rotatable bonds is 6. The van der Waals surface area contributed by atoms with Crippen molar-refractivity contribution in [3.63, 3.8) is 0 Å². The van der Waals surface area contributed by atoms with Crippen molar-refractivity contribution < 1.29 is 4.74 Å². The molecule has 1 N–H and O–H groups in total. The lowest BCUT2D eigenvalue weighted by Gasteiger charge is -2.42. The van der Waals surface area contributed by atoms with Crippen molar-refractivity contribution in [1.29, 1.82) is 0 Å². The molecule has 3 unspecified atom stereocenters. The van der Waals surface area contributed by atoms with Crippen LogP contribution in [0.5, 0.6) is 5.75 Å². The third kappa shape index (κ3) is 3.97. The topological polar surface area (TPSA) is 24.5 Å². The fourth-order valence-corrected chi connectivity index (χ4v) is 3.14. The Balaban J connectivity index is 1.69. The third-order valence-electron chi connectivity index (χ3n) is 4.67. The van der Waals surface area contributed by atoms with Crippen LogP contribution in [0.1, 0.15) is 26.7 Å².